The molecule has 0 aromatic heterocycles. The van der Waals surface area contributed by atoms with Crippen molar-refractivity contribution in [1.82, 2.24) is 0 Å². The quantitative estimate of drug-likeness (QED) is 0.911. The second kappa shape index (κ2) is 6.64. The normalized spacial score (nSPS) is 11.8. The van der Waals surface area contributed by atoms with E-state index in [0.717, 1.165) is 16.8 Å². The molecule has 2 aromatic carbocycles. The minimum atomic E-state index is -0.591. The first-order valence-electron chi connectivity index (χ1n) is 6.76. The van der Waals surface area contributed by atoms with Crippen molar-refractivity contribution in [2.75, 3.05) is 5.32 Å². The first kappa shape index (κ1) is 15.4. The van der Waals surface area contributed by atoms with Gasteiger partial charge in [0.05, 0.1) is 0 Å². The molecule has 3 nitrogen and oxygen atoms in total. The second-order valence-electron chi connectivity index (χ2n) is 5.03. The van der Waals surface area contributed by atoms with Gasteiger partial charge in [0, 0.05) is 10.7 Å². The molecule has 2 aromatic rings. The summed E-state index contributed by atoms with van der Waals surface area (Å²) in [6.07, 6.45) is -0.591. The molecular weight excluding hydrogens is 286 g/mol. The largest absolute Gasteiger partial charge is 0.481 e. The molecule has 0 aliphatic carbocycles. The average Bonchev–Trinajstić information content (AvgIpc) is 2.45. The van der Waals surface area contributed by atoms with E-state index in [4.69, 9.17) is 16.3 Å². The predicted octanol–water partition coefficient (Wildman–Crippen LogP) is 4.36. The molecule has 0 bridgehead atoms. The monoisotopic (exact) mass is 303 g/mol. The van der Waals surface area contributed by atoms with Crippen molar-refractivity contribution in [3.63, 3.8) is 0 Å². The number of hydrogen-bond donors (Lipinski definition) is 1. The molecule has 4 heteroatoms. The predicted molar refractivity (Wildman–Crippen MR) is 86.1 cm³/mol. The van der Waals surface area contributed by atoms with Gasteiger partial charge in [0.15, 0.2) is 6.10 Å². The number of anilines is 1. The van der Waals surface area contributed by atoms with Crippen LogP contribution in [0, 0.1) is 13.8 Å². The highest BCUT2D eigenvalue weighted by Crippen LogP contribution is 2.22. The summed E-state index contributed by atoms with van der Waals surface area (Å²) < 4.78 is 5.64. The highest BCUT2D eigenvalue weighted by molar-refractivity contribution is 6.31. The minimum absolute atomic E-state index is 0.188. The Morgan fingerprint density at radius 2 is 1.81 bits per heavy atom. The Labute approximate surface area is 129 Å². The lowest BCUT2D eigenvalue weighted by molar-refractivity contribution is -0.122. The smallest absolute Gasteiger partial charge is 0.265 e. The number of carbonyl (C=O) groups excluding carboxylic acids is 1. The van der Waals surface area contributed by atoms with Gasteiger partial charge in [0.1, 0.15) is 5.75 Å². The van der Waals surface area contributed by atoms with Gasteiger partial charge in [0.2, 0.25) is 0 Å². The number of benzene rings is 2. The molecule has 1 N–H and O–H groups in total. The molecule has 0 saturated heterocycles. The van der Waals surface area contributed by atoms with Crippen molar-refractivity contribution < 1.29 is 9.53 Å². The SMILES string of the molecule is Cc1ccc(NC(=O)C(C)Oc2ccc(Cl)c(C)c2)cc1. The summed E-state index contributed by atoms with van der Waals surface area (Å²) in [5.74, 6) is 0.440. The van der Waals surface area contributed by atoms with Crippen molar-refractivity contribution >= 4 is 23.2 Å². The number of nitrogens with one attached hydrogen (secondary N) is 1. The fourth-order valence-corrected chi connectivity index (χ4v) is 1.95. The maximum Gasteiger partial charge on any atom is 0.265 e. The van der Waals surface area contributed by atoms with Crippen molar-refractivity contribution in [3.8, 4) is 5.75 Å². The first-order chi connectivity index (χ1) is 9.95. The standard InChI is InChI=1S/C17H18ClNO2/c1-11-4-6-14(7-5-11)19-17(20)13(3)21-15-8-9-16(18)12(2)10-15/h4-10,13H,1-3H3,(H,19,20). The van der Waals surface area contributed by atoms with Gasteiger partial charge in [-0.05, 0) is 56.7 Å². The fourth-order valence-electron chi connectivity index (χ4n) is 1.83. The number of aryl methyl sites for hydroxylation is 2. The van der Waals surface area contributed by atoms with Crippen LogP contribution in [0.5, 0.6) is 5.75 Å². The molecule has 21 heavy (non-hydrogen) atoms. The van der Waals surface area contributed by atoms with Gasteiger partial charge >= 0.3 is 0 Å². The van der Waals surface area contributed by atoms with E-state index in [1.54, 1.807) is 19.1 Å². The summed E-state index contributed by atoms with van der Waals surface area (Å²) in [5.41, 5.74) is 2.82. The van der Waals surface area contributed by atoms with Crippen LogP contribution in [0.2, 0.25) is 5.02 Å². The number of hydrogen-bond acceptors (Lipinski definition) is 2. The third-order valence-corrected chi connectivity index (χ3v) is 3.55. The number of amides is 1. The van der Waals surface area contributed by atoms with Gasteiger partial charge in [-0.1, -0.05) is 29.3 Å². The van der Waals surface area contributed by atoms with Gasteiger partial charge in [0.25, 0.3) is 5.91 Å². The average molecular weight is 304 g/mol. The summed E-state index contributed by atoms with van der Waals surface area (Å²) in [5, 5.41) is 3.50. The van der Waals surface area contributed by atoms with E-state index in [9.17, 15) is 4.79 Å². The van der Waals surface area contributed by atoms with Gasteiger partial charge in [-0.2, -0.15) is 0 Å². The Bertz CT molecular complexity index is 638. The summed E-state index contributed by atoms with van der Waals surface area (Å²) >= 11 is 5.96. The molecule has 1 atom stereocenters. The molecule has 1 amide bonds. The summed E-state index contributed by atoms with van der Waals surface area (Å²) in [6.45, 7) is 5.61. The minimum Gasteiger partial charge on any atom is -0.481 e. The second-order valence-corrected chi connectivity index (χ2v) is 5.43. The van der Waals surface area contributed by atoms with E-state index < -0.39 is 6.10 Å². The van der Waals surface area contributed by atoms with E-state index in [1.165, 1.54) is 0 Å². The number of rotatable bonds is 4. The van der Waals surface area contributed by atoms with Crippen molar-refractivity contribution in [1.29, 1.82) is 0 Å². The fraction of sp³-hybridized carbons (Fsp3) is 0.235. The van der Waals surface area contributed by atoms with Crippen LogP contribution in [0.3, 0.4) is 0 Å². The highest BCUT2D eigenvalue weighted by atomic mass is 35.5. The lowest BCUT2D eigenvalue weighted by Gasteiger charge is -2.15. The molecule has 0 aliphatic rings. The van der Waals surface area contributed by atoms with Crippen molar-refractivity contribution in [2.24, 2.45) is 0 Å². The van der Waals surface area contributed by atoms with Gasteiger partial charge in [-0.25, -0.2) is 0 Å². The van der Waals surface area contributed by atoms with Crippen LogP contribution in [0.15, 0.2) is 42.5 Å². The molecular formula is C17H18ClNO2. The molecule has 110 valence electrons. The number of carbonyl (C=O) groups is 1. The van der Waals surface area contributed by atoms with Crippen LogP contribution >= 0.6 is 11.6 Å². The van der Waals surface area contributed by atoms with Crippen LogP contribution in [0.1, 0.15) is 18.1 Å². The Hall–Kier alpha value is -2.00. The number of ether oxygens (including phenoxy) is 1. The molecule has 0 heterocycles. The van der Waals surface area contributed by atoms with Crippen LogP contribution in [0.25, 0.3) is 0 Å². The van der Waals surface area contributed by atoms with E-state index in [0.29, 0.717) is 10.8 Å². The molecule has 0 radical (unpaired) electrons. The Kier molecular flexibility index (Phi) is 4.86. The van der Waals surface area contributed by atoms with Crippen molar-refractivity contribution in [2.45, 2.75) is 26.9 Å². The lowest BCUT2D eigenvalue weighted by Crippen LogP contribution is -2.30. The maximum atomic E-state index is 12.1. The van der Waals surface area contributed by atoms with E-state index in [1.807, 2.05) is 44.2 Å². The van der Waals surface area contributed by atoms with E-state index in [-0.39, 0.29) is 5.91 Å². The van der Waals surface area contributed by atoms with E-state index >= 15 is 0 Å². The van der Waals surface area contributed by atoms with Crippen LogP contribution in [-0.2, 0) is 4.79 Å². The zero-order chi connectivity index (χ0) is 15.4. The molecule has 0 spiro atoms. The maximum absolute atomic E-state index is 12.1. The Balaban J connectivity index is 1.98. The van der Waals surface area contributed by atoms with Crippen LogP contribution in [-0.4, -0.2) is 12.0 Å². The highest BCUT2D eigenvalue weighted by Gasteiger charge is 2.15. The summed E-state index contributed by atoms with van der Waals surface area (Å²) in [7, 11) is 0. The van der Waals surface area contributed by atoms with Crippen molar-refractivity contribution in [3.05, 3.63) is 58.6 Å². The lowest BCUT2D eigenvalue weighted by atomic mass is 10.2. The molecule has 1 unspecified atom stereocenters. The first-order valence-corrected chi connectivity index (χ1v) is 7.14. The number of halogens is 1. The third kappa shape index (κ3) is 4.23. The molecule has 0 aliphatic heterocycles. The van der Waals surface area contributed by atoms with Crippen LogP contribution in [0.4, 0.5) is 5.69 Å². The Morgan fingerprint density at radius 3 is 2.43 bits per heavy atom. The van der Waals surface area contributed by atoms with Gasteiger partial charge in [-0.15, -0.1) is 0 Å². The Morgan fingerprint density at radius 1 is 1.14 bits per heavy atom. The zero-order valence-corrected chi connectivity index (χ0v) is 13.1. The van der Waals surface area contributed by atoms with Gasteiger partial charge in [-0.3, -0.25) is 4.79 Å². The topological polar surface area (TPSA) is 38.3 Å². The molecule has 0 saturated carbocycles. The summed E-state index contributed by atoms with van der Waals surface area (Å²) in [6, 6.07) is 13.0. The van der Waals surface area contributed by atoms with E-state index in [2.05, 4.69) is 5.32 Å². The molecule has 0 fully saturated rings. The zero-order valence-electron chi connectivity index (χ0n) is 12.3. The summed E-state index contributed by atoms with van der Waals surface area (Å²) in [4.78, 5) is 12.1. The molecule has 2 rings (SSSR count). The van der Waals surface area contributed by atoms with Gasteiger partial charge < -0.3 is 10.1 Å². The van der Waals surface area contributed by atoms with Crippen LogP contribution < -0.4 is 10.1 Å². The third-order valence-electron chi connectivity index (χ3n) is 3.13.